The summed E-state index contributed by atoms with van der Waals surface area (Å²) in [4.78, 5) is 3.23. The van der Waals surface area contributed by atoms with E-state index in [0.717, 1.165) is 22.2 Å². The highest BCUT2D eigenvalue weighted by Crippen LogP contribution is 2.30. The van der Waals surface area contributed by atoms with Gasteiger partial charge in [-0.15, -0.1) is 10.2 Å². The molecule has 0 aliphatic carbocycles. The number of benzene rings is 2. The number of nitrogens with zero attached hydrogens (tertiary/aromatic N) is 2. The average Bonchev–Trinajstić information content (AvgIpc) is 3.20. The topological polar surface area (TPSA) is 54.7 Å². The second kappa shape index (κ2) is 5.93. The van der Waals surface area contributed by atoms with Crippen LogP contribution in [0.5, 0.6) is 0 Å². The van der Waals surface area contributed by atoms with Gasteiger partial charge in [0.05, 0.1) is 5.56 Å². The SMILES string of the molecule is Cc1ccccc1CSc1nnc(-c2c[nH]c3ccccc23)o1. The first-order valence-electron chi connectivity index (χ1n) is 7.38. The van der Waals surface area contributed by atoms with Gasteiger partial charge in [-0.2, -0.15) is 0 Å². The van der Waals surface area contributed by atoms with Crippen LogP contribution in [-0.4, -0.2) is 15.2 Å². The number of rotatable bonds is 4. The van der Waals surface area contributed by atoms with Gasteiger partial charge in [0.15, 0.2) is 0 Å². The zero-order valence-corrected chi connectivity index (χ0v) is 13.4. The molecule has 4 rings (SSSR count). The maximum absolute atomic E-state index is 5.82. The molecule has 23 heavy (non-hydrogen) atoms. The number of thioether (sulfide) groups is 1. The molecule has 0 radical (unpaired) electrons. The van der Waals surface area contributed by atoms with E-state index in [-0.39, 0.29) is 0 Å². The summed E-state index contributed by atoms with van der Waals surface area (Å²) in [5.41, 5.74) is 4.56. The van der Waals surface area contributed by atoms with Crippen LogP contribution in [0.3, 0.4) is 0 Å². The van der Waals surface area contributed by atoms with Gasteiger partial charge in [-0.3, -0.25) is 0 Å². The van der Waals surface area contributed by atoms with E-state index in [1.807, 2.05) is 42.6 Å². The highest BCUT2D eigenvalue weighted by molar-refractivity contribution is 7.98. The molecule has 5 heteroatoms. The van der Waals surface area contributed by atoms with Crippen LogP contribution in [0, 0.1) is 6.92 Å². The lowest BCUT2D eigenvalue weighted by molar-refractivity contribution is 0.466. The molecule has 0 aliphatic heterocycles. The second-order valence-corrected chi connectivity index (χ2v) is 6.26. The molecule has 0 saturated carbocycles. The molecule has 0 atom stereocenters. The van der Waals surface area contributed by atoms with Gasteiger partial charge in [-0.1, -0.05) is 54.2 Å². The number of para-hydroxylation sites is 1. The average molecular weight is 321 g/mol. The molecule has 4 nitrogen and oxygen atoms in total. The first kappa shape index (κ1) is 14.1. The summed E-state index contributed by atoms with van der Waals surface area (Å²) in [7, 11) is 0. The molecule has 1 N–H and O–H groups in total. The first-order valence-corrected chi connectivity index (χ1v) is 8.37. The van der Waals surface area contributed by atoms with Crippen molar-refractivity contribution in [2.75, 3.05) is 0 Å². The number of aryl methyl sites for hydroxylation is 1. The number of nitrogens with one attached hydrogen (secondary N) is 1. The Kier molecular flexibility index (Phi) is 3.63. The number of fused-ring (bicyclic) bond motifs is 1. The molecule has 0 spiro atoms. The van der Waals surface area contributed by atoms with Crippen molar-refractivity contribution in [3.63, 3.8) is 0 Å². The van der Waals surface area contributed by atoms with E-state index in [1.165, 1.54) is 11.1 Å². The van der Waals surface area contributed by atoms with Gasteiger partial charge in [-0.05, 0) is 24.1 Å². The second-order valence-electron chi connectivity index (χ2n) is 5.34. The Hall–Kier alpha value is -2.53. The van der Waals surface area contributed by atoms with Crippen LogP contribution in [0.1, 0.15) is 11.1 Å². The van der Waals surface area contributed by atoms with Crippen LogP contribution in [0.15, 0.2) is 64.4 Å². The van der Waals surface area contributed by atoms with E-state index in [4.69, 9.17) is 4.42 Å². The van der Waals surface area contributed by atoms with E-state index in [2.05, 4.69) is 34.2 Å². The summed E-state index contributed by atoms with van der Waals surface area (Å²) in [5.74, 6) is 1.37. The smallest absolute Gasteiger partial charge is 0.277 e. The summed E-state index contributed by atoms with van der Waals surface area (Å²) < 4.78 is 5.82. The maximum Gasteiger partial charge on any atom is 0.277 e. The Morgan fingerprint density at radius 1 is 1.04 bits per heavy atom. The van der Waals surface area contributed by atoms with Gasteiger partial charge in [0.25, 0.3) is 11.1 Å². The van der Waals surface area contributed by atoms with Crippen LogP contribution >= 0.6 is 11.8 Å². The summed E-state index contributed by atoms with van der Waals surface area (Å²) >= 11 is 1.56. The third-order valence-corrected chi connectivity index (χ3v) is 4.71. The largest absolute Gasteiger partial charge is 0.411 e. The van der Waals surface area contributed by atoms with E-state index < -0.39 is 0 Å². The fourth-order valence-corrected chi connectivity index (χ4v) is 3.38. The van der Waals surface area contributed by atoms with E-state index in [1.54, 1.807) is 11.8 Å². The molecule has 2 aromatic heterocycles. The zero-order valence-electron chi connectivity index (χ0n) is 12.6. The predicted octanol–water partition coefficient (Wildman–Crippen LogP) is 4.82. The zero-order chi connectivity index (χ0) is 15.6. The molecule has 0 saturated heterocycles. The van der Waals surface area contributed by atoms with Crippen molar-refractivity contribution in [2.24, 2.45) is 0 Å². The van der Waals surface area contributed by atoms with E-state index in [9.17, 15) is 0 Å². The minimum absolute atomic E-state index is 0.551. The fourth-order valence-electron chi connectivity index (χ4n) is 2.54. The van der Waals surface area contributed by atoms with Crippen molar-refractivity contribution in [1.29, 1.82) is 0 Å². The first-order chi connectivity index (χ1) is 11.3. The van der Waals surface area contributed by atoms with E-state index >= 15 is 0 Å². The van der Waals surface area contributed by atoms with Crippen molar-refractivity contribution in [3.8, 4) is 11.5 Å². The molecule has 2 heterocycles. The van der Waals surface area contributed by atoms with Gasteiger partial charge in [-0.25, -0.2) is 0 Å². The van der Waals surface area contributed by atoms with Crippen LogP contribution in [-0.2, 0) is 5.75 Å². The molecule has 0 fully saturated rings. The fraction of sp³-hybridized carbons (Fsp3) is 0.111. The Morgan fingerprint density at radius 2 is 1.87 bits per heavy atom. The van der Waals surface area contributed by atoms with Gasteiger partial charge in [0.2, 0.25) is 0 Å². The molecule has 0 amide bonds. The number of hydrogen-bond donors (Lipinski definition) is 1. The molecular weight excluding hydrogens is 306 g/mol. The van der Waals surface area contributed by atoms with Crippen molar-refractivity contribution < 1.29 is 4.42 Å². The number of H-pyrrole nitrogens is 1. The lowest BCUT2D eigenvalue weighted by atomic mass is 10.1. The standard InChI is InChI=1S/C18H15N3OS/c1-12-6-2-3-7-13(12)11-23-18-21-20-17(22-18)15-10-19-16-9-5-4-8-14(15)16/h2-10,19H,11H2,1H3. The lowest BCUT2D eigenvalue weighted by Crippen LogP contribution is -1.85. The summed E-state index contributed by atoms with van der Waals surface area (Å²) in [6.45, 7) is 2.11. The van der Waals surface area contributed by atoms with Crippen LogP contribution in [0.25, 0.3) is 22.4 Å². The maximum atomic E-state index is 5.82. The summed E-state index contributed by atoms with van der Waals surface area (Å²) in [6.07, 6.45) is 1.91. The van der Waals surface area contributed by atoms with Crippen LogP contribution < -0.4 is 0 Å². The number of aromatic amines is 1. The van der Waals surface area contributed by atoms with E-state index in [0.29, 0.717) is 11.1 Å². The number of hydrogen-bond acceptors (Lipinski definition) is 4. The molecule has 114 valence electrons. The normalized spacial score (nSPS) is 11.2. The Morgan fingerprint density at radius 3 is 2.78 bits per heavy atom. The van der Waals surface area contributed by atoms with Gasteiger partial charge in [0.1, 0.15) is 0 Å². The monoisotopic (exact) mass is 321 g/mol. The quantitative estimate of drug-likeness (QED) is 0.548. The predicted molar refractivity (Wildman–Crippen MR) is 92.3 cm³/mol. The minimum Gasteiger partial charge on any atom is -0.411 e. The van der Waals surface area contributed by atoms with Crippen molar-refractivity contribution >= 4 is 22.7 Å². The van der Waals surface area contributed by atoms with Crippen molar-refractivity contribution in [2.45, 2.75) is 17.9 Å². The molecule has 2 aromatic carbocycles. The Labute approximate surface area is 137 Å². The summed E-state index contributed by atoms with van der Waals surface area (Å²) in [6, 6.07) is 16.4. The number of aromatic nitrogens is 3. The lowest BCUT2D eigenvalue weighted by Gasteiger charge is -2.02. The highest BCUT2D eigenvalue weighted by atomic mass is 32.2. The van der Waals surface area contributed by atoms with Gasteiger partial charge >= 0.3 is 0 Å². The Bertz CT molecular complexity index is 957. The van der Waals surface area contributed by atoms with Crippen molar-refractivity contribution in [1.82, 2.24) is 15.2 Å². The molecule has 0 aliphatic rings. The molecule has 0 unspecified atom stereocenters. The van der Waals surface area contributed by atoms with Crippen LogP contribution in [0.4, 0.5) is 0 Å². The highest BCUT2D eigenvalue weighted by Gasteiger charge is 2.13. The Balaban J connectivity index is 1.56. The molecular formula is C18H15N3OS. The van der Waals surface area contributed by atoms with Gasteiger partial charge in [0, 0.05) is 22.9 Å². The summed E-state index contributed by atoms with van der Waals surface area (Å²) in [5, 5.41) is 10.0. The third kappa shape index (κ3) is 2.75. The molecule has 0 bridgehead atoms. The minimum atomic E-state index is 0.551. The van der Waals surface area contributed by atoms with Gasteiger partial charge < -0.3 is 9.40 Å². The molecule has 4 aromatic rings. The van der Waals surface area contributed by atoms with Crippen LogP contribution in [0.2, 0.25) is 0 Å². The third-order valence-electron chi connectivity index (χ3n) is 3.84. The van der Waals surface area contributed by atoms with Crippen molar-refractivity contribution in [3.05, 3.63) is 65.9 Å².